The van der Waals surface area contributed by atoms with Gasteiger partial charge in [0.15, 0.2) is 11.5 Å². The number of rotatable bonds is 5. The van der Waals surface area contributed by atoms with Crippen LogP contribution in [0.15, 0.2) is 41.5 Å². The Balaban J connectivity index is 1.76. The van der Waals surface area contributed by atoms with Gasteiger partial charge in [-0.25, -0.2) is 5.43 Å². The topological polar surface area (TPSA) is 78.4 Å². The third-order valence-corrected chi connectivity index (χ3v) is 3.76. The van der Waals surface area contributed by atoms with Crippen LogP contribution in [0.4, 0.5) is 0 Å². The molecule has 0 fully saturated rings. The predicted molar refractivity (Wildman–Crippen MR) is 91.8 cm³/mol. The number of hydrogen-bond acceptors (Lipinski definition) is 6. The van der Waals surface area contributed by atoms with Gasteiger partial charge < -0.3 is 18.9 Å². The van der Waals surface area contributed by atoms with Crippen molar-refractivity contribution in [1.82, 2.24) is 5.43 Å². The second-order valence-electron chi connectivity index (χ2n) is 5.27. The first-order valence-corrected chi connectivity index (χ1v) is 7.59. The normalized spacial score (nSPS) is 12.7. The van der Waals surface area contributed by atoms with Gasteiger partial charge in [0.2, 0.25) is 6.79 Å². The number of hydrogen-bond donors (Lipinski definition) is 1. The maximum absolute atomic E-state index is 12.3. The maximum atomic E-state index is 12.3. The van der Waals surface area contributed by atoms with Gasteiger partial charge in [-0.3, -0.25) is 4.79 Å². The van der Waals surface area contributed by atoms with Crippen molar-refractivity contribution in [2.45, 2.75) is 6.92 Å². The third-order valence-electron chi connectivity index (χ3n) is 3.76. The van der Waals surface area contributed by atoms with Gasteiger partial charge in [0.05, 0.1) is 19.9 Å². The minimum absolute atomic E-state index is 0.162. The molecule has 0 bridgehead atoms. The Bertz CT molecular complexity index is 832. The molecule has 1 amide bonds. The number of fused-ring (bicyclic) bond motifs is 1. The van der Waals surface area contributed by atoms with Gasteiger partial charge in [0.25, 0.3) is 5.91 Å². The first kappa shape index (κ1) is 16.6. The standard InChI is InChI=1S/C18H18N2O5/c1-11(14-6-5-13(22-2)9-16(14)23-3)19-20-18(21)12-4-7-15-17(8-12)25-10-24-15/h4-9H,10H2,1-3H3,(H,20,21)/b19-11+. The summed E-state index contributed by atoms with van der Waals surface area (Å²) in [6.45, 7) is 1.94. The molecule has 3 rings (SSSR count). The summed E-state index contributed by atoms with van der Waals surface area (Å²) < 4.78 is 21.0. The molecule has 0 saturated heterocycles. The summed E-state index contributed by atoms with van der Waals surface area (Å²) in [7, 11) is 3.15. The molecule has 0 unspecified atom stereocenters. The minimum atomic E-state index is -0.342. The predicted octanol–water partition coefficient (Wildman–Crippen LogP) is 2.59. The van der Waals surface area contributed by atoms with Crippen molar-refractivity contribution in [2.24, 2.45) is 5.10 Å². The molecule has 25 heavy (non-hydrogen) atoms. The Labute approximate surface area is 145 Å². The Morgan fingerprint density at radius 3 is 2.64 bits per heavy atom. The van der Waals surface area contributed by atoms with E-state index in [2.05, 4.69) is 10.5 Å². The van der Waals surface area contributed by atoms with E-state index in [4.69, 9.17) is 18.9 Å². The van der Waals surface area contributed by atoms with E-state index < -0.39 is 0 Å². The lowest BCUT2D eigenvalue weighted by Gasteiger charge is -2.10. The van der Waals surface area contributed by atoms with E-state index in [1.54, 1.807) is 51.5 Å². The Kier molecular flexibility index (Phi) is 4.74. The van der Waals surface area contributed by atoms with Crippen LogP contribution in [0.2, 0.25) is 0 Å². The highest BCUT2D eigenvalue weighted by molar-refractivity contribution is 6.03. The number of ether oxygens (including phenoxy) is 4. The smallest absolute Gasteiger partial charge is 0.271 e. The molecule has 1 aliphatic rings. The molecule has 1 N–H and O–H groups in total. The van der Waals surface area contributed by atoms with Gasteiger partial charge in [-0.2, -0.15) is 5.10 Å². The quantitative estimate of drug-likeness (QED) is 0.667. The van der Waals surface area contributed by atoms with E-state index in [9.17, 15) is 4.79 Å². The van der Waals surface area contributed by atoms with Crippen molar-refractivity contribution in [3.8, 4) is 23.0 Å². The second kappa shape index (κ2) is 7.12. The maximum Gasteiger partial charge on any atom is 0.271 e. The summed E-state index contributed by atoms with van der Waals surface area (Å²) in [4.78, 5) is 12.3. The number of amides is 1. The van der Waals surface area contributed by atoms with E-state index in [-0.39, 0.29) is 12.7 Å². The molecule has 7 nitrogen and oxygen atoms in total. The van der Waals surface area contributed by atoms with Crippen molar-refractivity contribution in [3.63, 3.8) is 0 Å². The fraction of sp³-hybridized carbons (Fsp3) is 0.222. The molecular weight excluding hydrogens is 324 g/mol. The number of nitrogens with one attached hydrogen (secondary N) is 1. The Morgan fingerprint density at radius 1 is 1.08 bits per heavy atom. The average molecular weight is 342 g/mol. The van der Waals surface area contributed by atoms with Crippen LogP contribution in [0.3, 0.4) is 0 Å². The fourth-order valence-corrected chi connectivity index (χ4v) is 2.39. The second-order valence-corrected chi connectivity index (χ2v) is 5.27. The minimum Gasteiger partial charge on any atom is -0.497 e. The van der Waals surface area contributed by atoms with Crippen LogP contribution in [-0.4, -0.2) is 32.6 Å². The van der Waals surface area contributed by atoms with Gasteiger partial charge in [-0.1, -0.05) is 0 Å². The molecule has 1 aliphatic heterocycles. The Morgan fingerprint density at radius 2 is 1.88 bits per heavy atom. The highest BCUT2D eigenvalue weighted by Crippen LogP contribution is 2.32. The lowest BCUT2D eigenvalue weighted by molar-refractivity contribution is 0.0954. The number of benzene rings is 2. The zero-order valence-electron chi connectivity index (χ0n) is 14.2. The summed E-state index contributed by atoms with van der Waals surface area (Å²) >= 11 is 0. The summed E-state index contributed by atoms with van der Waals surface area (Å²) in [5.74, 6) is 2.12. The lowest BCUT2D eigenvalue weighted by atomic mass is 10.1. The van der Waals surface area contributed by atoms with E-state index >= 15 is 0 Å². The number of nitrogens with zero attached hydrogens (tertiary/aromatic N) is 1. The molecule has 1 heterocycles. The van der Waals surface area contributed by atoms with Crippen LogP contribution >= 0.6 is 0 Å². The van der Waals surface area contributed by atoms with Crippen LogP contribution in [-0.2, 0) is 0 Å². The lowest BCUT2D eigenvalue weighted by Crippen LogP contribution is -2.19. The highest BCUT2D eigenvalue weighted by atomic mass is 16.7. The van der Waals surface area contributed by atoms with Crippen molar-refractivity contribution in [2.75, 3.05) is 21.0 Å². The van der Waals surface area contributed by atoms with E-state index in [0.29, 0.717) is 34.3 Å². The molecule has 0 atom stereocenters. The molecule has 0 aromatic heterocycles. The van der Waals surface area contributed by atoms with Crippen LogP contribution in [0.25, 0.3) is 0 Å². The van der Waals surface area contributed by atoms with E-state index in [0.717, 1.165) is 5.56 Å². The first-order valence-electron chi connectivity index (χ1n) is 7.59. The van der Waals surface area contributed by atoms with Crippen molar-refractivity contribution >= 4 is 11.6 Å². The zero-order valence-corrected chi connectivity index (χ0v) is 14.2. The molecule has 130 valence electrons. The molecule has 0 spiro atoms. The van der Waals surface area contributed by atoms with Crippen LogP contribution in [0.1, 0.15) is 22.8 Å². The van der Waals surface area contributed by atoms with Gasteiger partial charge >= 0.3 is 0 Å². The van der Waals surface area contributed by atoms with Crippen molar-refractivity contribution in [3.05, 3.63) is 47.5 Å². The van der Waals surface area contributed by atoms with Crippen molar-refractivity contribution in [1.29, 1.82) is 0 Å². The monoisotopic (exact) mass is 342 g/mol. The fourth-order valence-electron chi connectivity index (χ4n) is 2.39. The highest BCUT2D eigenvalue weighted by Gasteiger charge is 2.16. The summed E-state index contributed by atoms with van der Waals surface area (Å²) in [5.41, 5.74) is 4.33. The van der Waals surface area contributed by atoms with Crippen molar-refractivity contribution < 1.29 is 23.7 Å². The first-order chi connectivity index (χ1) is 12.1. The number of carbonyl (C=O) groups is 1. The SMILES string of the molecule is COc1ccc(/C(C)=N/NC(=O)c2ccc3c(c2)OCO3)c(OC)c1. The zero-order chi connectivity index (χ0) is 17.8. The number of hydrazone groups is 1. The van der Waals surface area contributed by atoms with Gasteiger partial charge in [-0.15, -0.1) is 0 Å². The van der Waals surface area contributed by atoms with Gasteiger partial charge in [-0.05, 0) is 37.3 Å². The molecular formula is C18H18N2O5. The molecule has 7 heteroatoms. The number of methoxy groups -OCH3 is 2. The van der Waals surface area contributed by atoms with E-state index in [1.807, 2.05) is 6.07 Å². The summed E-state index contributed by atoms with van der Waals surface area (Å²) in [5, 5.41) is 4.15. The molecule has 2 aromatic rings. The average Bonchev–Trinajstić information content (AvgIpc) is 3.12. The molecule has 0 saturated carbocycles. The molecule has 0 radical (unpaired) electrons. The van der Waals surface area contributed by atoms with Crippen LogP contribution in [0, 0.1) is 0 Å². The summed E-state index contributed by atoms with van der Waals surface area (Å²) in [6.07, 6.45) is 0. The largest absolute Gasteiger partial charge is 0.497 e. The van der Waals surface area contributed by atoms with Gasteiger partial charge in [0, 0.05) is 17.2 Å². The third kappa shape index (κ3) is 3.50. The molecule has 2 aromatic carbocycles. The van der Waals surface area contributed by atoms with Gasteiger partial charge in [0.1, 0.15) is 11.5 Å². The summed E-state index contributed by atoms with van der Waals surface area (Å²) in [6, 6.07) is 10.4. The van der Waals surface area contributed by atoms with Crippen LogP contribution < -0.4 is 24.4 Å². The van der Waals surface area contributed by atoms with E-state index in [1.165, 1.54) is 0 Å². The Hall–Kier alpha value is -3.22. The number of carbonyl (C=O) groups excluding carboxylic acids is 1. The molecule has 0 aliphatic carbocycles. The van der Waals surface area contributed by atoms with Crippen LogP contribution in [0.5, 0.6) is 23.0 Å².